The number of hydrogen-bond acceptors (Lipinski definition) is 3. The SMILES string of the molecule is Cc1cc(=O)c(C(=O)O)cn1Cc1cccnc1. The van der Waals surface area contributed by atoms with Crippen molar-refractivity contribution in [2.24, 2.45) is 0 Å². The molecule has 0 aliphatic heterocycles. The summed E-state index contributed by atoms with van der Waals surface area (Å²) in [6.45, 7) is 2.25. The minimum atomic E-state index is -1.21. The molecule has 5 heteroatoms. The van der Waals surface area contributed by atoms with E-state index in [-0.39, 0.29) is 5.56 Å². The molecule has 0 spiro atoms. The Kier molecular flexibility index (Phi) is 3.23. The zero-order chi connectivity index (χ0) is 13.1. The van der Waals surface area contributed by atoms with E-state index in [9.17, 15) is 9.59 Å². The lowest BCUT2D eigenvalue weighted by molar-refractivity contribution is 0.0694. The first-order valence-corrected chi connectivity index (χ1v) is 5.41. The van der Waals surface area contributed by atoms with Crippen LogP contribution in [-0.4, -0.2) is 20.6 Å². The summed E-state index contributed by atoms with van der Waals surface area (Å²) in [6, 6.07) is 5.04. The van der Waals surface area contributed by atoms with Crippen molar-refractivity contribution in [2.45, 2.75) is 13.5 Å². The Bertz CT molecular complexity index is 632. The standard InChI is InChI=1S/C13H12N2O3/c1-9-5-12(16)11(13(17)18)8-15(9)7-10-3-2-4-14-6-10/h2-6,8H,7H2,1H3,(H,17,18). The van der Waals surface area contributed by atoms with E-state index in [0.29, 0.717) is 12.2 Å². The van der Waals surface area contributed by atoms with Gasteiger partial charge in [0.25, 0.3) is 0 Å². The predicted molar refractivity (Wildman–Crippen MR) is 65.7 cm³/mol. The van der Waals surface area contributed by atoms with Gasteiger partial charge in [0.2, 0.25) is 0 Å². The molecule has 0 fully saturated rings. The van der Waals surface area contributed by atoms with Gasteiger partial charge >= 0.3 is 5.97 Å². The van der Waals surface area contributed by atoms with Crippen LogP contribution >= 0.6 is 0 Å². The summed E-state index contributed by atoms with van der Waals surface area (Å²) in [6.07, 6.45) is 4.75. The van der Waals surface area contributed by atoms with E-state index in [2.05, 4.69) is 4.98 Å². The van der Waals surface area contributed by atoms with Gasteiger partial charge in [0.15, 0.2) is 5.43 Å². The number of carboxylic acid groups (broad SMARTS) is 1. The van der Waals surface area contributed by atoms with Gasteiger partial charge in [-0.2, -0.15) is 0 Å². The second-order valence-corrected chi connectivity index (χ2v) is 3.99. The van der Waals surface area contributed by atoms with E-state index >= 15 is 0 Å². The topological polar surface area (TPSA) is 72.2 Å². The van der Waals surface area contributed by atoms with Crippen molar-refractivity contribution in [1.29, 1.82) is 0 Å². The van der Waals surface area contributed by atoms with Crippen molar-refractivity contribution in [3.05, 3.63) is 63.8 Å². The highest BCUT2D eigenvalue weighted by Crippen LogP contribution is 2.05. The first-order chi connectivity index (χ1) is 8.58. The molecule has 0 unspecified atom stereocenters. The average molecular weight is 244 g/mol. The third kappa shape index (κ3) is 2.45. The number of aromatic nitrogens is 2. The highest BCUT2D eigenvalue weighted by molar-refractivity contribution is 5.87. The van der Waals surface area contributed by atoms with Crippen molar-refractivity contribution in [3.8, 4) is 0 Å². The summed E-state index contributed by atoms with van der Waals surface area (Å²) in [5.41, 5.74) is 0.973. The highest BCUT2D eigenvalue weighted by Gasteiger charge is 2.10. The Labute approximate surface area is 103 Å². The van der Waals surface area contributed by atoms with Crippen LogP contribution < -0.4 is 5.43 Å². The van der Waals surface area contributed by atoms with Crippen LogP contribution in [0.2, 0.25) is 0 Å². The average Bonchev–Trinajstić information content (AvgIpc) is 2.33. The molecule has 1 N–H and O–H groups in total. The van der Waals surface area contributed by atoms with Gasteiger partial charge in [-0.05, 0) is 18.6 Å². The van der Waals surface area contributed by atoms with E-state index in [1.54, 1.807) is 23.9 Å². The van der Waals surface area contributed by atoms with Crippen LogP contribution in [0.25, 0.3) is 0 Å². The zero-order valence-corrected chi connectivity index (χ0v) is 9.83. The molecule has 2 rings (SSSR count). The van der Waals surface area contributed by atoms with E-state index in [0.717, 1.165) is 5.56 Å². The van der Waals surface area contributed by atoms with E-state index in [1.165, 1.54) is 12.3 Å². The maximum atomic E-state index is 11.5. The molecule has 0 atom stereocenters. The van der Waals surface area contributed by atoms with Crippen molar-refractivity contribution in [3.63, 3.8) is 0 Å². The Morgan fingerprint density at radius 3 is 2.89 bits per heavy atom. The first-order valence-electron chi connectivity index (χ1n) is 5.41. The third-order valence-electron chi connectivity index (χ3n) is 2.65. The predicted octanol–water partition coefficient (Wildman–Crippen LogP) is 1.30. The van der Waals surface area contributed by atoms with Crippen LogP contribution in [0.3, 0.4) is 0 Å². The van der Waals surface area contributed by atoms with Crippen LogP contribution in [0.1, 0.15) is 21.6 Å². The summed E-state index contributed by atoms with van der Waals surface area (Å²) in [5, 5.41) is 8.92. The molecule has 2 aromatic rings. The third-order valence-corrected chi connectivity index (χ3v) is 2.65. The van der Waals surface area contributed by atoms with Crippen LogP contribution in [0.4, 0.5) is 0 Å². The summed E-state index contributed by atoms with van der Waals surface area (Å²) in [4.78, 5) is 26.4. The minimum Gasteiger partial charge on any atom is -0.477 e. The summed E-state index contributed by atoms with van der Waals surface area (Å²) >= 11 is 0. The highest BCUT2D eigenvalue weighted by atomic mass is 16.4. The van der Waals surface area contributed by atoms with E-state index in [4.69, 9.17) is 5.11 Å². The monoisotopic (exact) mass is 244 g/mol. The number of carboxylic acids is 1. The van der Waals surface area contributed by atoms with Gasteiger partial charge in [-0.15, -0.1) is 0 Å². The smallest absolute Gasteiger partial charge is 0.341 e. The normalized spacial score (nSPS) is 10.3. The van der Waals surface area contributed by atoms with Crippen molar-refractivity contribution in [2.75, 3.05) is 0 Å². The maximum absolute atomic E-state index is 11.5. The van der Waals surface area contributed by atoms with Crippen molar-refractivity contribution >= 4 is 5.97 Å². The minimum absolute atomic E-state index is 0.218. The lowest BCUT2D eigenvalue weighted by atomic mass is 10.2. The summed E-state index contributed by atoms with van der Waals surface area (Å²) in [7, 11) is 0. The quantitative estimate of drug-likeness (QED) is 0.883. The fraction of sp³-hybridized carbons (Fsp3) is 0.154. The van der Waals surface area contributed by atoms with Gasteiger partial charge in [-0.3, -0.25) is 9.78 Å². The molecule has 0 saturated heterocycles. The first kappa shape index (κ1) is 12.0. The molecule has 0 radical (unpaired) electrons. The van der Waals surface area contributed by atoms with Crippen molar-refractivity contribution < 1.29 is 9.90 Å². The van der Waals surface area contributed by atoms with Crippen molar-refractivity contribution in [1.82, 2.24) is 9.55 Å². The molecule has 0 bridgehead atoms. The Hall–Kier alpha value is -2.43. The van der Waals surface area contributed by atoms with E-state index in [1.807, 2.05) is 12.1 Å². The largest absolute Gasteiger partial charge is 0.477 e. The van der Waals surface area contributed by atoms with E-state index < -0.39 is 11.4 Å². The summed E-state index contributed by atoms with van der Waals surface area (Å²) < 4.78 is 1.72. The maximum Gasteiger partial charge on any atom is 0.341 e. The number of nitrogens with zero attached hydrogens (tertiary/aromatic N) is 2. The number of carbonyl (C=O) groups is 1. The fourth-order valence-corrected chi connectivity index (χ4v) is 1.69. The van der Waals surface area contributed by atoms with Gasteiger partial charge in [-0.25, -0.2) is 4.79 Å². The molecule has 18 heavy (non-hydrogen) atoms. The molecule has 0 aliphatic carbocycles. The number of aromatic carboxylic acids is 1. The Balaban J connectivity index is 2.42. The molecule has 2 aromatic heterocycles. The Morgan fingerprint density at radius 1 is 1.50 bits per heavy atom. The van der Waals surface area contributed by atoms with Gasteiger partial charge in [0.1, 0.15) is 5.56 Å². The fourth-order valence-electron chi connectivity index (χ4n) is 1.69. The number of hydrogen-bond donors (Lipinski definition) is 1. The van der Waals surface area contributed by atoms with Gasteiger partial charge in [-0.1, -0.05) is 6.07 Å². The van der Waals surface area contributed by atoms with Gasteiger partial charge in [0.05, 0.1) is 0 Å². The molecular weight excluding hydrogens is 232 g/mol. The van der Waals surface area contributed by atoms with Gasteiger partial charge in [0, 0.05) is 36.9 Å². The molecule has 5 nitrogen and oxygen atoms in total. The number of aryl methyl sites for hydroxylation is 1. The molecule has 2 heterocycles. The van der Waals surface area contributed by atoms with Crippen LogP contribution in [0, 0.1) is 6.92 Å². The second kappa shape index (κ2) is 4.83. The van der Waals surface area contributed by atoms with Gasteiger partial charge < -0.3 is 9.67 Å². The number of rotatable bonds is 3. The molecule has 0 aliphatic rings. The lowest BCUT2D eigenvalue weighted by Crippen LogP contribution is -2.19. The Morgan fingerprint density at radius 2 is 2.28 bits per heavy atom. The van der Waals surface area contributed by atoms with Crippen LogP contribution in [0.5, 0.6) is 0 Å². The zero-order valence-electron chi connectivity index (χ0n) is 9.83. The lowest BCUT2D eigenvalue weighted by Gasteiger charge is -2.11. The molecule has 0 amide bonds. The number of pyridine rings is 2. The molecular formula is C13H12N2O3. The molecule has 92 valence electrons. The molecule has 0 saturated carbocycles. The molecule has 0 aromatic carbocycles. The summed E-state index contributed by atoms with van der Waals surface area (Å²) in [5.74, 6) is -1.21. The second-order valence-electron chi connectivity index (χ2n) is 3.99. The van der Waals surface area contributed by atoms with Crippen LogP contribution in [-0.2, 0) is 6.54 Å². The van der Waals surface area contributed by atoms with Crippen LogP contribution in [0.15, 0.2) is 41.6 Å².